The molecule has 1 amide bonds. The number of benzene rings is 1. The molecule has 4 nitrogen and oxygen atoms in total. The third-order valence-corrected chi connectivity index (χ3v) is 3.87. The van der Waals surface area contributed by atoms with Crippen LogP contribution in [0.4, 0.5) is 13.2 Å². The molecule has 2 rings (SSSR count). The van der Waals surface area contributed by atoms with Gasteiger partial charge in [0.15, 0.2) is 11.6 Å². The molecule has 0 saturated heterocycles. The van der Waals surface area contributed by atoms with E-state index in [1.54, 1.807) is 0 Å². The van der Waals surface area contributed by atoms with Crippen LogP contribution in [0.5, 0.6) is 0 Å². The maximum absolute atomic E-state index is 13.5. The van der Waals surface area contributed by atoms with Crippen molar-refractivity contribution in [3.8, 4) is 0 Å². The Morgan fingerprint density at radius 1 is 1.09 bits per heavy atom. The average Bonchev–Trinajstić information content (AvgIpc) is 2.51. The van der Waals surface area contributed by atoms with Gasteiger partial charge in [-0.3, -0.25) is 9.59 Å². The van der Waals surface area contributed by atoms with E-state index in [1.807, 2.05) is 0 Å². The number of amides is 1. The van der Waals surface area contributed by atoms with Gasteiger partial charge >= 0.3 is 5.97 Å². The second kappa shape index (κ2) is 6.81. The summed E-state index contributed by atoms with van der Waals surface area (Å²) in [7, 11) is 1.31. The summed E-state index contributed by atoms with van der Waals surface area (Å²) in [5.74, 6) is -5.40. The Hall–Kier alpha value is -2.05. The second-order valence-corrected chi connectivity index (χ2v) is 5.26. The van der Waals surface area contributed by atoms with Crippen LogP contribution in [0, 0.1) is 23.4 Å². The van der Waals surface area contributed by atoms with Gasteiger partial charge in [0.25, 0.3) is 5.91 Å². The van der Waals surface area contributed by atoms with Crippen molar-refractivity contribution in [3.05, 3.63) is 35.1 Å². The summed E-state index contributed by atoms with van der Waals surface area (Å²) in [6.45, 7) is 0. The minimum absolute atomic E-state index is 0.221. The van der Waals surface area contributed by atoms with Crippen molar-refractivity contribution >= 4 is 11.9 Å². The Morgan fingerprint density at radius 2 is 1.68 bits per heavy atom. The zero-order valence-corrected chi connectivity index (χ0v) is 12.0. The van der Waals surface area contributed by atoms with Gasteiger partial charge in [-0.2, -0.15) is 0 Å². The highest BCUT2D eigenvalue weighted by molar-refractivity contribution is 5.95. The van der Waals surface area contributed by atoms with Crippen molar-refractivity contribution in [1.29, 1.82) is 0 Å². The van der Waals surface area contributed by atoms with E-state index in [-0.39, 0.29) is 17.9 Å². The van der Waals surface area contributed by atoms with E-state index >= 15 is 0 Å². The monoisotopic (exact) mass is 315 g/mol. The minimum Gasteiger partial charge on any atom is -0.469 e. The maximum atomic E-state index is 13.5. The first-order valence-corrected chi connectivity index (χ1v) is 6.96. The lowest BCUT2D eigenvalue weighted by Gasteiger charge is -2.27. The predicted molar refractivity (Wildman–Crippen MR) is 71.5 cm³/mol. The SMILES string of the molecule is COC(=O)C1CCC(NC(=O)c2c(F)ccc(F)c2F)CC1. The van der Waals surface area contributed by atoms with Crippen LogP contribution in [0.2, 0.25) is 0 Å². The zero-order valence-electron chi connectivity index (χ0n) is 12.0. The molecule has 0 radical (unpaired) electrons. The number of nitrogens with one attached hydrogen (secondary N) is 1. The van der Waals surface area contributed by atoms with Crippen molar-refractivity contribution in [2.75, 3.05) is 7.11 Å². The Balaban J connectivity index is 2.00. The normalized spacial score (nSPS) is 21.3. The van der Waals surface area contributed by atoms with Crippen LogP contribution in [0.25, 0.3) is 0 Å². The lowest BCUT2D eigenvalue weighted by atomic mass is 9.86. The third kappa shape index (κ3) is 3.40. The number of ether oxygens (including phenoxy) is 1. The van der Waals surface area contributed by atoms with Crippen molar-refractivity contribution in [2.45, 2.75) is 31.7 Å². The van der Waals surface area contributed by atoms with Gasteiger partial charge in [-0.15, -0.1) is 0 Å². The summed E-state index contributed by atoms with van der Waals surface area (Å²) < 4.78 is 44.8. The fourth-order valence-electron chi connectivity index (χ4n) is 2.63. The number of hydrogen-bond acceptors (Lipinski definition) is 3. The summed E-state index contributed by atoms with van der Waals surface area (Å²) in [6, 6.07) is 1.03. The molecule has 1 aromatic carbocycles. The topological polar surface area (TPSA) is 55.4 Å². The molecular formula is C15H16F3NO3. The van der Waals surface area contributed by atoms with Gasteiger partial charge in [0, 0.05) is 6.04 Å². The number of esters is 1. The summed E-state index contributed by atoms with van der Waals surface area (Å²) in [5.41, 5.74) is -0.921. The van der Waals surface area contributed by atoms with E-state index in [1.165, 1.54) is 7.11 Å². The number of methoxy groups -OCH3 is 1. The molecule has 0 unspecified atom stereocenters. The minimum atomic E-state index is -1.50. The number of rotatable bonds is 3. The van der Waals surface area contributed by atoms with Gasteiger partial charge in [0.2, 0.25) is 0 Å². The Labute approximate surface area is 125 Å². The van der Waals surface area contributed by atoms with Gasteiger partial charge in [0.05, 0.1) is 13.0 Å². The number of hydrogen-bond donors (Lipinski definition) is 1. The van der Waals surface area contributed by atoms with Gasteiger partial charge in [0.1, 0.15) is 11.4 Å². The first-order valence-electron chi connectivity index (χ1n) is 6.96. The summed E-state index contributed by atoms with van der Waals surface area (Å²) in [5, 5.41) is 2.48. The standard InChI is InChI=1S/C15H16F3NO3/c1-22-15(21)8-2-4-9(5-3-8)19-14(20)12-10(16)6-7-11(17)13(12)18/h6-9H,2-5H2,1H3,(H,19,20). The molecule has 22 heavy (non-hydrogen) atoms. The summed E-state index contributed by atoms with van der Waals surface area (Å²) in [6.07, 6.45) is 2.02. The maximum Gasteiger partial charge on any atom is 0.308 e. The number of carbonyl (C=O) groups excluding carboxylic acids is 2. The van der Waals surface area contributed by atoms with Crippen molar-refractivity contribution in [2.24, 2.45) is 5.92 Å². The molecule has 7 heteroatoms. The molecule has 0 heterocycles. The zero-order chi connectivity index (χ0) is 16.3. The molecule has 1 aliphatic rings. The molecule has 1 aliphatic carbocycles. The molecular weight excluding hydrogens is 299 g/mol. The second-order valence-electron chi connectivity index (χ2n) is 5.26. The van der Waals surface area contributed by atoms with Crippen LogP contribution in [0.1, 0.15) is 36.0 Å². The van der Waals surface area contributed by atoms with Crippen molar-refractivity contribution in [1.82, 2.24) is 5.32 Å². The first kappa shape index (κ1) is 16.3. The predicted octanol–water partition coefficient (Wildman–Crippen LogP) is 2.57. The smallest absolute Gasteiger partial charge is 0.308 e. The van der Waals surface area contributed by atoms with Crippen LogP contribution in [-0.2, 0) is 9.53 Å². The van der Waals surface area contributed by atoms with Crippen LogP contribution >= 0.6 is 0 Å². The third-order valence-electron chi connectivity index (χ3n) is 3.87. The van der Waals surface area contributed by atoms with Crippen LogP contribution in [0.15, 0.2) is 12.1 Å². The number of halogens is 3. The lowest BCUT2D eigenvalue weighted by molar-refractivity contribution is -0.146. The lowest BCUT2D eigenvalue weighted by Crippen LogP contribution is -2.39. The van der Waals surface area contributed by atoms with Crippen LogP contribution in [0.3, 0.4) is 0 Å². The number of carbonyl (C=O) groups is 2. The summed E-state index contributed by atoms with van der Waals surface area (Å²) in [4.78, 5) is 23.3. The van der Waals surface area contributed by atoms with E-state index in [9.17, 15) is 22.8 Å². The van der Waals surface area contributed by atoms with E-state index in [0.29, 0.717) is 37.8 Å². The quantitative estimate of drug-likeness (QED) is 0.689. The molecule has 1 aromatic rings. The highest BCUT2D eigenvalue weighted by Crippen LogP contribution is 2.26. The highest BCUT2D eigenvalue weighted by atomic mass is 19.2. The molecule has 0 atom stereocenters. The van der Waals surface area contributed by atoms with E-state index in [2.05, 4.69) is 10.1 Å². The molecule has 0 bridgehead atoms. The Kier molecular flexibility index (Phi) is 5.05. The van der Waals surface area contributed by atoms with E-state index in [0.717, 1.165) is 0 Å². The van der Waals surface area contributed by atoms with Gasteiger partial charge in [-0.1, -0.05) is 0 Å². The molecule has 1 N–H and O–H groups in total. The fraction of sp³-hybridized carbons (Fsp3) is 0.467. The Bertz CT molecular complexity index is 584. The van der Waals surface area contributed by atoms with Crippen LogP contribution < -0.4 is 5.32 Å². The molecule has 0 spiro atoms. The molecule has 120 valence electrons. The van der Waals surface area contributed by atoms with Gasteiger partial charge in [-0.05, 0) is 37.8 Å². The van der Waals surface area contributed by atoms with Crippen molar-refractivity contribution < 1.29 is 27.5 Å². The van der Waals surface area contributed by atoms with Crippen LogP contribution in [-0.4, -0.2) is 25.0 Å². The summed E-state index contributed by atoms with van der Waals surface area (Å²) >= 11 is 0. The van der Waals surface area contributed by atoms with E-state index in [4.69, 9.17) is 0 Å². The van der Waals surface area contributed by atoms with Gasteiger partial charge in [-0.25, -0.2) is 13.2 Å². The van der Waals surface area contributed by atoms with E-state index < -0.39 is 28.9 Å². The molecule has 0 aromatic heterocycles. The van der Waals surface area contributed by atoms with Crippen molar-refractivity contribution in [3.63, 3.8) is 0 Å². The molecule has 1 saturated carbocycles. The molecule has 1 fully saturated rings. The first-order chi connectivity index (χ1) is 10.4. The fourth-order valence-corrected chi connectivity index (χ4v) is 2.63. The largest absolute Gasteiger partial charge is 0.469 e. The average molecular weight is 315 g/mol. The highest BCUT2D eigenvalue weighted by Gasteiger charge is 2.29. The molecule has 0 aliphatic heterocycles. The van der Waals surface area contributed by atoms with Gasteiger partial charge < -0.3 is 10.1 Å². The Morgan fingerprint density at radius 3 is 2.27 bits per heavy atom.